The van der Waals surface area contributed by atoms with Crippen LogP contribution in [0.5, 0.6) is 0 Å². The van der Waals surface area contributed by atoms with E-state index in [1.807, 2.05) is 12.3 Å². The summed E-state index contributed by atoms with van der Waals surface area (Å²) in [6.07, 6.45) is 6.95. The summed E-state index contributed by atoms with van der Waals surface area (Å²) >= 11 is 0. The number of likely N-dealkylation sites (tertiary alicyclic amines) is 1. The molecule has 0 radical (unpaired) electrons. The predicted molar refractivity (Wildman–Crippen MR) is 108 cm³/mol. The highest BCUT2D eigenvalue weighted by Gasteiger charge is 2.30. The van der Waals surface area contributed by atoms with E-state index in [0.717, 1.165) is 77.3 Å². The van der Waals surface area contributed by atoms with E-state index in [9.17, 15) is 4.79 Å². The molecule has 0 spiro atoms. The van der Waals surface area contributed by atoms with Crippen LogP contribution in [0.2, 0.25) is 0 Å². The molecule has 2 fully saturated rings. The molecule has 2 aliphatic heterocycles. The van der Waals surface area contributed by atoms with Gasteiger partial charge in [0.2, 0.25) is 5.91 Å². The first-order chi connectivity index (χ1) is 13.2. The Morgan fingerprint density at radius 2 is 1.93 bits per heavy atom. The molecule has 1 amide bonds. The molecule has 2 aromatic heterocycles. The maximum Gasteiger partial charge on any atom is 0.225 e. The average molecular weight is 370 g/mol. The van der Waals surface area contributed by atoms with Gasteiger partial charge in [-0.15, -0.1) is 0 Å². The van der Waals surface area contributed by atoms with Gasteiger partial charge in [0.05, 0.1) is 0 Å². The summed E-state index contributed by atoms with van der Waals surface area (Å²) in [6.45, 7) is 10.3. The number of piperidine rings is 1. The quantitative estimate of drug-likeness (QED) is 0.876. The number of carbonyl (C=O) groups is 1. The van der Waals surface area contributed by atoms with Gasteiger partial charge in [-0.05, 0) is 56.6 Å². The molecule has 0 atom stereocenters. The first-order valence-corrected chi connectivity index (χ1v) is 10.4. The summed E-state index contributed by atoms with van der Waals surface area (Å²) < 4.78 is 0. The Balaban J connectivity index is 1.24. The summed E-state index contributed by atoms with van der Waals surface area (Å²) in [5, 5.41) is 1.23. The number of likely N-dealkylation sites (N-methyl/N-ethyl adjacent to an activating group) is 1. The number of H-pyrrole nitrogens is 1. The van der Waals surface area contributed by atoms with Crippen LogP contribution < -0.4 is 0 Å². The van der Waals surface area contributed by atoms with E-state index in [2.05, 4.69) is 43.9 Å². The minimum atomic E-state index is 0.228. The van der Waals surface area contributed by atoms with Crippen LogP contribution in [0.15, 0.2) is 24.5 Å². The largest absolute Gasteiger partial charge is 0.346 e. The maximum absolute atomic E-state index is 12.8. The SMILES string of the molecule is CCN1CCN(C(=O)C2CCN(CCc3c[nH]c4ncccc34)CC2)CC1. The Morgan fingerprint density at radius 3 is 2.67 bits per heavy atom. The number of rotatable bonds is 5. The van der Waals surface area contributed by atoms with Crippen LogP contribution in [0, 0.1) is 5.92 Å². The Morgan fingerprint density at radius 1 is 1.15 bits per heavy atom. The van der Waals surface area contributed by atoms with Gasteiger partial charge in [-0.25, -0.2) is 4.98 Å². The number of nitrogens with one attached hydrogen (secondary N) is 1. The lowest BCUT2D eigenvalue weighted by molar-refractivity contribution is -0.138. The first-order valence-electron chi connectivity index (χ1n) is 10.4. The van der Waals surface area contributed by atoms with Crippen molar-refractivity contribution in [2.45, 2.75) is 26.2 Å². The van der Waals surface area contributed by atoms with Gasteiger partial charge in [0.1, 0.15) is 5.65 Å². The van der Waals surface area contributed by atoms with E-state index in [1.165, 1.54) is 10.9 Å². The molecule has 1 N–H and O–H groups in total. The lowest BCUT2D eigenvalue weighted by atomic mass is 9.94. The molecule has 146 valence electrons. The minimum absolute atomic E-state index is 0.228. The van der Waals surface area contributed by atoms with Gasteiger partial charge in [-0.2, -0.15) is 0 Å². The highest BCUT2D eigenvalue weighted by Crippen LogP contribution is 2.22. The average Bonchev–Trinajstić information content (AvgIpc) is 3.15. The third kappa shape index (κ3) is 4.17. The number of pyridine rings is 1. The molecule has 0 bridgehead atoms. The summed E-state index contributed by atoms with van der Waals surface area (Å²) in [5.41, 5.74) is 2.31. The van der Waals surface area contributed by atoms with Crippen molar-refractivity contribution in [1.29, 1.82) is 0 Å². The highest BCUT2D eigenvalue weighted by molar-refractivity contribution is 5.79. The lowest BCUT2D eigenvalue weighted by Gasteiger charge is -2.38. The fourth-order valence-electron chi connectivity index (χ4n) is 4.44. The van der Waals surface area contributed by atoms with Crippen LogP contribution in [-0.4, -0.2) is 82.9 Å². The summed E-state index contributed by atoms with van der Waals surface area (Å²) in [7, 11) is 0. The zero-order valence-electron chi connectivity index (χ0n) is 16.4. The highest BCUT2D eigenvalue weighted by atomic mass is 16.2. The number of hydrogen-bond acceptors (Lipinski definition) is 4. The van der Waals surface area contributed by atoms with Gasteiger partial charge in [0, 0.05) is 56.4 Å². The molecule has 6 nitrogen and oxygen atoms in total. The predicted octanol–water partition coefficient (Wildman–Crippen LogP) is 1.98. The number of hydrogen-bond donors (Lipinski definition) is 1. The number of aromatic nitrogens is 2. The van der Waals surface area contributed by atoms with E-state index in [-0.39, 0.29) is 5.92 Å². The molecule has 4 rings (SSSR count). The van der Waals surface area contributed by atoms with Gasteiger partial charge >= 0.3 is 0 Å². The fourth-order valence-corrected chi connectivity index (χ4v) is 4.44. The second-order valence-corrected chi connectivity index (χ2v) is 7.84. The van der Waals surface area contributed by atoms with Gasteiger partial charge in [-0.3, -0.25) is 4.79 Å². The number of nitrogens with zero attached hydrogens (tertiary/aromatic N) is 4. The summed E-state index contributed by atoms with van der Waals surface area (Å²) in [4.78, 5) is 27.5. The number of carbonyl (C=O) groups excluding carboxylic acids is 1. The third-order valence-electron chi connectivity index (χ3n) is 6.30. The molecular formula is C21H31N5O. The second-order valence-electron chi connectivity index (χ2n) is 7.84. The van der Waals surface area contributed by atoms with Crippen molar-refractivity contribution in [3.05, 3.63) is 30.1 Å². The summed E-state index contributed by atoms with van der Waals surface area (Å²) in [5.74, 6) is 0.625. The normalized spacial score (nSPS) is 20.4. The molecule has 27 heavy (non-hydrogen) atoms. The lowest BCUT2D eigenvalue weighted by Crippen LogP contribution is -2.51. The maximum atomic E-state index is 12.8. The van der Waals surface area contributed by atoms with Crippen molar-refractivity contribution in [3.63, 3.8) is 0 Å². The van der Waals surface area contributed by atoms with Crippen molar-refractivity contribution >= 4 is 16.9 Å². The molecule has 0 aliphatic carbocycles. The standard InChI is InChI=1S/C21H31N5O/c1-2-24-12-14-26(15-13-24)21(27)17-5-9-25(10-6-17)11-7-18-16-23-20-19(18)4-3-8-22-20/h3-4,8,16-17H,2,5-7,9-15H2,1H3,(H,22,23). The fraction of sp³-hybridized carbons (Fsp3) is 0.619. The van der Waals surface area contributed by atoms with Gasteiger partial charge in [-0.1, -0.05) is 6.92 Å². The number of aromatic amines is 1. The topological polar surface area (TPSA) is 55.5 Å². The zero-order chi connectivity index (χ0) is 18.6. The second kappa shape index (κ2) is 8.40. The monoisotopic (exact) mass is 369 g/mol. The molecule has 6 heteroatoms. The Hall–Kier alpha value is -1.92. The Kier molecular flexibility index (Phi) is 5.74. The molecular weight excluding hydrogens is 338 g/mol. The van der Waals surface area contributed by atoms with E-state index >= 15 is 0 Å². The number of amides is 1. The van der Waals surface area contributed by atoms with E-state index in [1.54, 1.807) is 0 Å². The Bertz CT molecular complexity index is 757. The van der Waals surface area contributed by atoms with Crippen molar-refractivity contribution in [1.82, 2.24) is 24.7 Å². The molecule has 0 unspecified atom stereocenters. The van der Waals surface area contributed by atoms with E-state index in [0.29, 0.717) is 5.91 Å². The van der Waals surface area contributed by atoms with Crippen LogP contribution in [0.4, 0.5) is 0 Å². The van der Waals surface area contributed by atoms with Crippen LogP contribution in [0.25, 0.3) is 11.0 Å². The summed E-state index contributed by atoms with van der Waals surface area (Å²) in [6, 6.07) is 4.13. The van der Waals surface area contributed by atoms with Crippen LogP contribution in [0.3, 0.4) is 0 Å². The van der Waals surface area contributed by atoms with Crippen LogP contribution in [0.1, 0.15) is 25.3 Å². The smallest absolute Gasteiger partial charge is 0.225 e. The minimum Gasteiger partial charge on any atom is -0.346 e. The van der Waals surface area contributed by atoms with Gasteiger partial charge < -0.3 is 19.7 Å². The van der Waals surface area contributed by atoms with Crippen LogP contribution in [-0.2, 0) is 11.2 Å². The first kappa shape index (κ1) is 18.4. The molecule has 2 aliphatic rings. The third-order valence-corrected chi connectivity index (χ3v) is 6.30. The molecule has 0 saturated carbocycles. The van der Waals surface area contributed by atoms with Gasteiger partial charge in [0.15, 0.2) is 0 Å². The Labute approximate surface area is 161 Å². The van der Waals surface area contributed by atoms with Gasteiger partial charge in [0.25, 0.3) is 0 Å². The molecule has 2 saturated heterocycles. The molecule has 4 heterocycles. The molecule has 0 aromatic carbocycles. The number of fused-ring (bicyclic) bond motifs is 1. The van der Waals surface area contributed by atoms with Crippen LogP contribution >= 0.6 is 0 Å². The number of piperazine rings is 1. The zero-order valence-corrected chi connectivity index (χ0v) is 16.4. The van der Waals surface area contributed by atoms with Crippen molar-refractivity contribution in [2.75, 3.05) is 52.4 Å². The van der Waals surface area contributed by atoms with E-state index < -0.39 is 0 Å². The van der Waals surface area contributed by atoms with Crippen molar-refractivity contribution in [2.24, 2.45) is 5.92 Å². The van der Waals surface area contributed by atoms with Crippen molar-refractivity contribution in [3.8, 4) is 0 Å². The van der Waals surface area contributed by atoms with E-state index in [4.69, 9.17) is 0 Å². The molecule has 2 aromatic rings. The van der Waals surface area contributed by atoms with Crippen molar-refractivity contribution < 1.29 is 4.79 Å².